The van der Waals surface area contributed by atoms with E-state index in [-0.39, 0.29) is 39.1 Å². The zero-order chi connectivity index (χ0) is 29.2. The van der Waals surface area contributed by atoms with Crippen LogP contribution in [-0.2, 0) is 44.8 Å². The second kappa shape index (κ2) is 14.2. The molecule has 1 aliphatic carbocycles. The van der Waals surface area contributed by atoms with Crippen LogP contribution in [0.1, 0.15) is 48.4 Å². The molecule has 218 valence electrons. The van der Waals surface area contributed by atoms with Gasteiger partial charge in [-0.1, -0.05) is 42.5 Å². The summed E-state index contributed by atoms with van der Waals surface area (Å²) in [5, 5.41) is 3.08. The number of hydrogen-bond donors (Lipinski definition) is 1. The van der Waals surface area contributed by atoms with Crippen LogP contribution in [-0.4, -0.2) is 31.7 Å². The molecule has 0 spiro atoms. The lowest BCUT2D eigenvalue weighted by atomic mass is 9.94. The van der Waals surface area contributed by atoms with E-state index in [1.165, 1.54) is 6.07 Å². The lowest BCUT2D eigenvalue weighted by molar-refractivity contribution is -0.145. The molecule has 0 bridgehead atoms. The fourth-order valence-electron chi connectivity index (χ4n) is 4.30. The Morgan fingerprint density at radius 3 is 2.39 bits per heavy atom. The first-order valence-corrected chi connectivity index (χ1v) is 13.7. The van der Waals surface area contributed by atoms with Crippen molar-refractivity contribution in [1.82, 2.24) is 5.32 Å². The van der Waals surface area contributed by atoms with Crippen LogP contribution < -0.4 is 10.1 Å². The number of halogens is 3. The molecule has 0 unspecified atom stereocenters. The summed E-state index contributed by atoms with van der Waals surface area (Å²) in [7, 11) is 0. The Balaban J connectivity index is 1.51. The highest BCUT2D eigenvalue weighted by Crippen LogP contribution is 2.39. The maximum atomic E-state index is 13.6. The predicted molar refractivity (Wildman–Crippen MR) is 148 cm³/mol. The SMILES string of the molecule is CCOC(=O)Cc1ccc(OCC2CC2)c(-c2ccc(C(F)(F)F)cc2CNCCC(=O)OCc2ccccc2)c1. The summed E-state index contributed by atoms with van der Waals surface area (Å²) in [6, 6.07) is 18.2. The Morgan fingerprint density at radius 2 is 1.68 bits per heavy atom. The topological polar surface area (TPSA) is 73.9 Å². The smallest absolute Gasteiger partial charge is 0.416 e. The third-order valence-corrected chi connectivity index (χ3v) is 6.66. The number of hydrogen-bond acceptors (Lipinski definition) is 6. The molecule has 0 radical (unpaired) electrons. The summed E-state index contributed by atoms with van der Waals surface area (Å²) in [5.41, 5.74) is 2.30. The zero-order valence-electron chi connectivity index (χ0n) is 23.0. The standard InChI is InChI=1S/C32H34F3NO5/c1-2-39-31(38)17-24-10-13-29(40-20-23-8-9-23)28(16-24)27-12-11-26(32(33,34)35)18-25(27)19-36-15-14-30(37)41-21-22-6-4-3-5-7-22/h3-7,10-13,16,18,23,36H,2,8-9,14-15,17,19-21H2,1H3. The van der Waals surface area contributed by atoms with Gasteiger partial charge in [0.25, 0.3) is 0 Å². The van der Waals surface area contributed by atoms with Gasteiger partial charge in [-0.3, -0.25) is 9.59 Å². The van der Waals surface area contributed by atoms with E-state index in [0.29, 0.717) is 40.5 Å². The first kappa shape index (κ1) is 30.1. The monoisotopic (exact) mass is 569 g/mol. The molecule has 0 atom stereocenters. The van der Waals surface area contributed by atoms with E-state index in [1.54, 1.807) is 25.1 Å². The van der Waals surface area contributed by atoms with Gasteiger partial charge in [-0.15, -0.1) is 0 Å². The molecule has 0 saturated heterocycles. The van der Waals surface area contributed by atoms with Gasteiger partial charge in [0, 0.05) is 18.7 Å². The minimum Gasteiger partial charge on any atom is -0.493 e. The Morgan fingerprint density at radius 1 is 0.902 bits per heavy atom. The molecular weight excluding hydrogens is 535 g/mol. The van der Waals surface area contributed by atoms with E-state index in [0.717, 1.165) is 30.5 Å². The van der Waals surface area contributed by atoms with Crippen molar-refractivity contribution in [3.05, 3.63) is 89.0 Å². The predicted octanol–water partition coefficient (Wildman–Crippen LogP) is 6.49. The summed E-state index contributed by atoms with van der Waals surface area (Å²) in [6.45, 7) is 2.95. The van der Waals surface area contributed by atoms with Crippen molar-refractivity contribution in [3.63, 3.8) is 0 Å². The van der Waals surface area contributed by atoms with E-state index in [4.69, 9.17) is 14.2 Å². The fourth-order valence-corrected chi connectivity index (χ4v) is 4.30. The summed E-state index contributed by atoms with van der Waals surface area (Å²) in [6.07, 6.45) is -2.26. The van der Waals surface area contributed by atoms with Crippen LogP contribution in [0.5, 0.6) is 5.75 Å². The molecule has 3 aromatic rings. The highest BCUT2D eigenvalue weighted by molar-refractivity contribution is 5.78. The maximum Gasteiger partial charge on any atom is 0.416 e. The van der Waals surface area contributed by atoms with Crippen molar-refractivity contribution in [2.24, 2.45) is 5.92 Å². The van der Waals surface area contributed by atoms with Gasteiger partial charge < -0.3 is 19.5 Å². The molecule has 1 saturated carbocycles. The average molecular weight is 570 g/mol. The number of alkyl halides is 3. The van der Waals surface area contributed by atoms with Gasteiger partial charge in [0.05, 0.1) is 31.6 Å². The Bertz CT molecular complexity index is 1320. The van der Waals surface area contributed by atoms with Gasteiger partial charge in [-0.25, -0.2) is 0 Å². The molecule has 0 amide bonds. The summed E-state index contributed by atoms with van der Waals surface area (Å²) in [5.74, 6) is 0.207. The minimum atomic E-state index is -4.52. The second-order valence-corrected chi connectivity index (χ2v) is 10.0. The minimum absolute atomic E-state index is 0.0308. The van der Waals surface area contributed by atoms with Gasteiger partial charge in [0.1, 0.15) is 12.4 Å². The van der Waals surface area contributed by atoms with E-state index < -0.39 is 23.7 Å². The van der Waals surface area contributed by atoms with Crippen LogP contribution in [0, 0.1) is 5.92 Å². The van der Waals surface area contributed by atoms with Gasteiger partial charge in [-0.05, 0) is 72.2 Å². The van der Waals surface area contributed by atoms with Crippen molar-refractivity contribution in [3.8, 4) is 16.9 Å². The maximum absolute atomic E-state index is 13.6. The van der Waals surface area contributed by atoms with Gasteiger partial charge in [0.2, 0.25) is 0 Å². The number of ether oxygens (including phenoxy) is 3. The largest absolute Gasteiger partial charge is 0.493 e. The van der Waals surface area contributed by atoms with Crippen molar-refractivity contribution < 1.29 is 37.0 Å². The van der Waals surface area contributed by atoms with Crippen LogP contribution >= 0.6 is 0 Å². The zero-order valence-corrected chi connectivity index (χ0v) is 23.0. The van der Waals surface area contributed by atoms with E-state index in [2.05, 4.69) is 5.32 Å². The van der Waals surface area contributed by atoms with Gasteiger partial charge >= 0.3 is 18.1 Å². The van der Waals surface area contributed by atoms with Gasteiger partial charge in [0.15, 0.2) is 0 Å². The highest BCUT2D eigenvalue weighted by Gasteiger charge is 2.31. The van der Waals surface area contributed by atoms with Crippen molar-refractivity contribution >= 4 is 11.9 Å². The fraction of sp³-hybridized carbons (Fsp3) is 0.375. The molecule has 0 heterocycles. The normalized spacial score (nSPS) is 13.1. The molecule has 1 N–H and O–H groups in total. The van der Waals surface area contributed by atoms with Crippen LogP contribution in [0.2, 0.25) is 0 Å². The lowest BCUT2D eigenvalue weighted by Gasteiger charge is -2.18. The average Bonchev–Trinajstić information content (AvgIpc) is 3.78. The number of esters is 2. The molecular formula is C32H34F3NO5. The number of carbonyl (C=O) groups is 2. The molecule has 41 heavy (non-hydrogen) atoms. The van der Waals surface area contributed by atoms with Crippen LogP contribution in [0.15, 0.2) is 66.7 Å². The number of benzene rings is 3. The first-order valence-electron chi connectivity index (χ1n) is 13.7. The lowest BCUT2D eigenvalue weighted by Crippen LogP contribution is -2.20. The number of carbonyl (C=O) groups excluding carboxylic acids is 2. The molecule has 3 aromatic carbocycles. The van der Waals surface area contributed by atoms with Crippen LogP contribution in [0.3, 0.4) is 0 Å². The first-order chi connectivity index (χ1) is 19.7. The third kappa shape index (κ3) is 9.35. The quantitative estimate of drug-likeness (QED) is 0.177. The number of nitrogens with one attached hydrogen (secondary N) is 1. The van der Waals surface area contributed by atoms with Crippen molar-refractivity contribution in [2.45, 2.75) is 51.9 Å². The van der Waals surface area contributed by atoms with Gasteiger partial charge in [-0.2, -0.15) is 13.2 Å². The highest BCUT2D eigenvalue weighted by atomic mass is 19.4. The third-order valence-electron chi connectivity index (χ3n) is 6.66. The molecule has 9 heteroatoms. The molecule has 1 aliphatic rings. The molecule has 0 aliphatic heterocycles. The Kier molecular flexibility index (Phi) is 10.4. The van der Waals surface area contributed by atoms with Crippen LogP contribution in [0.25, 0.3) is 11.1 Å². The van der Waals surface area contributed by atoms with Crippen molar-refractivity contribution in [2.75, 3.05) is 19.8 Å². The molecule has 1 fully saturated rings. The second-order valence-electron chi connectivity index (χ2n) is 10.0. The van der Waals surface area contributed by atoms with E-state index >= 15 is 0 Å². The summed E-state index contributed by atoms with van der Waals surface area (Å²) >= 11 is 0. The summed E-state index contributed by atoms with van der Waals surface area (Å²) in [4.78, 5) is 24.3. The van der Waals surface area contributed by atoms with E-state index in [9.17, 15) is 22.8 Å². The van der Waals surface area contributed by atoms with Crippen molar-refractivity contribution in [1.29, 1.82) is 0 Å². The summed E-state index contributed by atoms with van der Waals surface area (Å²) < 4.78 is 57.3. The molecule has 0 aromatic heterocycles. The Hall–Kier alpha value is -3.85. The molecule has 4 rings (SSSR count). The molecule has 6 nitrogen and oxygen atoms in total. The number of rotatable bonds is 14. The Labute approximate surface area is 237 Å². The van der Waals surface area contributed by atoms with Crippen LogP contribution in [0.4, 0.5) is 13.2 Å². The van der Waals surface area contributed by atoms with E-state index in [1.807, 2.05) is 30.3 Å².